The maximum atomic E-state index is 12.8. The van der Waals surface area contributed by atoms with Gasteiger partial charge in [0.2, 0.25) is 0 Å². The highest BCUT2D eigenvalue weighted by Crippen LogP contribution is 2.28. The number of nitrogens with zero attached hydrogens (tertiary/aromatic N) is 3. The molecule has 1 saturated heterocycles. The van der Waals surface area contributed by atoms with E-state index in [2.05, 4.69) is 11.0 Å². The van der Waals surface area contributed by atoms with Gasteiger partial charge in [-0.05, 0) is 29.8 Å². The first-order valence-corrected chi connectivity index (χ1v) is 8.88. The van der Waals surface area contributed by atoms with E-state index in [1.165, 1.54) is 0 Å². The summed E-state index contributed by atoms with van der Waals surface area (Å²) in [5, 5.41) is 9.23. The van der Waals surface area contributed by atoms with Gasteiger partial charge in [-0.15, -0.1) is 0 Å². The van der Waals surface area contributed by atoms with Crippen LogP contribution in [0.25, 0.3) is 0 Å². The van der Waals surface area contributed by atoms with Gasteiger partial charge in [0.25, 0.3) is 5.91 Å². The van der Waals surface area contributed by atoms with Gasteiger partial charge in [0, 0.05) is 38.3 Å². The van der Waals surface area contributed by atoms with E-state index in [9.17, 15) is 10.1 Å². The highest BCUT2D eigenvalue weighted by Gasteiger charge is 2.23. The molecule has 1 heterocycles. The van der Waals surface area contributed by atoms with Crippen molar-refractivity contribution >= 4 is 5.91 Å². The minimum Gasteiger partial charge on any atom is -0.493 e. The zero-order valence-corrected chi connectivity index (χ0v) is 15.6. The number of piperazine rings is 1. The monoisotopic (exact) mass is 365 g/mol. The van der Waals surface area contributed by atoms with E-state index in [-0.39, 0.29) is 5.91 Å². The van der Waals surface area contributed by atoms with Crippen molar-refractivity contribution in [1.29, 1.82) is 5.26 Å². The van der Waals surface area contributed by atoms with Crippen molar-refractivity contribution in [3.63, 3.8) is 0 Å². The molecule has 0 bridgehead atoms. The summed E-state index contributed by atoms with van der Waals surface area (Å²) in [6.07, 6.45) is 0. The molecule has 0 unspecified atom stereocenters. The maximum absolute atomic E-state index is 12.8. The molecule has 0 spiro atoms. The van der Waals surface area contributed by atoms with Crippen molar-refractivity contribution in [3.8, 4) is 17.6 Å². The van der Waals surface area contributed by atoms with Gasteiger partial charge in [-0.1, -0.05) is 18.2 Å². The van der Waals surface area contributed by atoms with E-state index in [0.717, 1.165) is 25.2 Å². The second kappa shape index (κ2) is 8.56. The lowest BCUT2D eigenvalue weighted by molar-refractivity contribution is 0.0628. The third kappa shape index (κ3) is 4.21. The Hall–Kier alpha value is -3.04. The van der Waals surface area contributed by atoms with Crippen LogP contribution in [-0.4, -0.2) is 56.1 Å². The van der Waals surface area contributed by atoms with Crippen LogP contribution < -0.4 is 9.47 Å². The average Bonchev–Trinajstić information content (AvgIpc) is 2.73. The lowest BCUT2D eigenvalue weighted by Crippen LogP contribution is -2.48. The Morgan fingerprint density at radius 3 is 2.41 bits per heavy atom. The molecule has 0 saturated carbocycles. The Kier molecular flexibility index (Phi) is 5.94. The quantitative estimate of drug-likeness (QED) is 0.815. The Morgan fingerprint density at radius 2 is 1.74 bits per heavy atom. The second-order valence-corrected chi connectivity index (χ2v) is 6.41. The van der Waals surface area contributed by atoms with E-state index in [0.29, 0.717) is 35.7 Å². The highest BCUT2D eigenvalue weighted by molar-refractivity contribution is 5.95. The van der Waals surface area contributed by atoms with Crippen molar-refractivity contribution in [2.75, 3.05) is 40.4 Å². The Bertz CT molecular complexity index is 852. The average molecular weight is 365 g/mol. The molecule has 27 heavy (non-hydrogen) atoms. The van der Waals surface area contributed by atoms with E-state index in [1.54, 1.807) is 32.4 Å². The smallest absolute Gasteiger partial charge is 0.254 e. The molecule has 1 aliphatic rings. The fourth-order valence-electron chi connectivity index (χ4n) is 3.27. The summed E-state index contributed by atoms with van der Waals surface area (Å²) < 4.78 is 10.5. The molecule has 1 fully saturated rings. The van der Waals surface area contributed by atoms with Gasteiger partial charge in [0.05, 0.1) is 25.9 Å². The first kappa shape index (κ1) is 18.7. The molecular weight excluding hydrogens is 342 g/mol. The van der Waals surface area contributed by atoms with Crippen LogP contribution in [0.4, 0.5) is 0 Å². The molecule has 0 N–H and O–H groups in total. The summed E-state index contributed by atoms with van der Waals surface area (Å²) in [5.74, 6) is 1.15. The minimum absolute atomic E-state index is 0.00646. The van der Waals surface area contributed by atoms with Gasteiger partial charge in [-0.2, -0.15) is 5.26 Å². The number of carbonyl (C=O) groups is 1. The number of amides is 1. The number of nitriles is 1. The van der Waals surface area contributed by atoms with E-state index in [1.807, 2.05) is 29.2 Å². The largest absolute Gasteiger partial charge is 0.493 e. The topological polar surface area (TPSA) is 65.8 Å². The van der Waals surface area contributed by atoms with Crippen molar-refractivity contribution in [1.82, 2.24) is 9.80 Å². The predicted molar refractivity (Wildman–Crippen MR) is 102 cm³/mol. The van der Waals surface area contributed by atoms with Crippen molar-refractivity contribution in [2.24, 2.45) is 0 Å². The van der Waals surface area contributed by atoms with Crippen LogP contribution in [0.5, 0.6) is 11.5 Å². The molecule has 0 atom stereocenters. The molecular formula is C21H23N3O3. The maximum Gasteiger partial charge on any atom is 0.254 e. The minimum atomic E-state index is -0.00646. The fourth-order valence-corrected chi connectivity index (χ4v) is 3.27. The summed E-state index contributed by atoms with van der Waals surface area (Å²) >= 11 is 0. The Labute approximate surface area is 159 Å². The molecule has 6 nitrogen and oxygen atoms in total. The lowest BCUT2D eigenvalue weighted by atomic mass is 10.1. The third-order valence-electron chi connectivity index (χ3n) is 4.82. The summed E-state index contributed by atoms with van der Waals surface area (Å²) in [6, 6.07) is 15.1. The molecule has 1 amide bonds. The van der Waals surface area contributed by atoms with Crippen LogP contribution in [0.3, 0.4) is 0 Å². The molecule has 0 aliphatic carbocycles. The summed E-state index contributed by atoms with van der Waals surface area (Å²) in [5.41, 5.74) is 2.33. The Morgan fingerprint density at radius 1 is 1.04 bits per heavy atom. The first-order valence-electron chi connectivity index (χ1n) is 8.88. The van der Waals surface area contributed by atoms with Gasteiger partial charge < -0.3 is 14.4 Å². The number of hydrogen-bond acceptors (Lipinski definition) is 5. The van der Waals surface area contributed by atoms with Crippen molar-refractivity contribution in [3.05, 3.63) is 59.2 Å². The van der Waals surface area contributed by atoms with E-state index < -0.39 is 0 Å². The summed E-state index contributed by atoms with van der Waals surface area (Å²) in [6.45, 7) is 3.59. The molecule has 1 aliphatic heterocycles. The molecule has 0 aromatic heterocycles. The number of ether oxygens (including phenoxy) is 2. The molecule has 140 valence electrons. The highest BCUT2D eigenvalue weighted by atomic mass is 16.5. The van der Waals surface area contributed by atoms with Crippen LogP contribution in [0.2, 0.25) is 0 Å². The summed E-state index contributed by atoms with van der Waals surface area (Å²) in [7, 11) is 3.13. The van der Waals surface area contributed by atoms with Gasteiger partial charge in [-0.3, -0.25) is 9.69 Å². The number of hydrogen-bond donors (Lipinski definition) is 0. The van der Waals surface area contributed by atoms with Crippen LogP contribution in [-0.2, 0) is 6.54 Å². The Balaban J connectivity index is 1.62. The van der Waals surface area contributed by atoms with Gasteiger partial charge in [0.1, 0.15) is 0 Å². The molecule has 3 rings (SSSR count). The van der Waals surface area contributed by atoms with Gasteiger partial charge >= 0.3 is 0 Å². The zero-order valence-electron chi connectivity index (χ0n) is 15.6. The fraction of sp³-hybridized carbons (Fsp3) is 0.333. The SMILES string of the molecule is COc1ccc(C(=O)N2CCN(Cc3ccccc3C#N)CC2)cc1OC. The molecule has 0 radical (unpaired) electrons. The van der Waals surface area contributed by atoms with Crippen LogP contribution in [0, 0.1) is 11.3 Å². The first-order chi connectivity index (χ1) is 13.2. The van der Waals surface area contributed by atoms with Crippen molar-refractivity contribution < 1.29 is 14.3 Å². The second-order valence-electron chi connectivity index (χ2n) is 6.41. The predicted octanol–water partition coefficient (Wildman–Crippen LogP) is 2.53. The molecule has 2 aromatic carbocycles. The van der Waals surface area contributed by atoms with E-state index >= 15 is 0 Å². The van der Waals surface area contributed by atoms with Gasteiger partial charge in [0.15, 0.2) is 11.5 Å². The zero-order chi connectivity index (χ0) is 19.2. The molecule has 2 aromatic rings. The number of methoxy groups -OCH3 is 2. The number of rotatable bonds is 5. The van der Waals surface area contributed by atoms with Crippen molar-refractivity contribution in [2.45, 2.75) is 6.54 Å². The van der Waals surface area contributed by atoms with Crippen LogP contribution >= 0.6 is 0 Å². The number of benzene rings is 2. The third-order valence-corrected chi connectivity index (χ3v) is 4.82. The van der Waals surface area contributed by atoms with Crippen LogP contribution in [0.15, 0.2) is 42.5 Å². The molecule has 6 heteroatoms. The number of carbonyl (C=O) groups excluding carboxylic acids is 1. The standard InChI is InChI=1S/C21H23N3O3/c1-26-19-8-7-16(13-20(19)27-2)21(25)24-11-9-23(10-12-24)15-18-6-4-3-5-17(18)14-22/h3-8,13H,9-12,15H2,1-2H3. The normalized spacial score (nSPS) is 14.5. The van der Waals surface area contributed by atoms with Gasteiger partial charge in [-0.25, -0.2) is 0 Å². The lowest BCUT2D eigenvalue weighted by Gasteiger charge is -2.35. The van der Waals surface area contributed by atoms with Crippen LogP contribution in [0.1, 0.15) is 21.5 Å². The van der Waals surface area contributed by atoms with E-state index in [4.69, 9.17) is 9.47 Å². The summed E-state index contributed by atoms with van der Waals surface area (Å²) in [4.78, 5) is 16.9.